The summed E-state index contributed by atoms with van der Waals surface area (Å²) in [7, 11) is 0. The minimum Gasteiger partial charge on any atom is -0.370 e. The summed E-state index contributed by atoms with van der Waals surface area (Å²) in [5.41, 5.74) is 2.04. The van der Waals surface area contributed by atoms with Crippen LogP contribution in [0.4, 0.5) is 11.5 Å². The Morgan fingerprint density at radius 3 is 2.46 bits per heavy atom. The maximum Gasteiger partial charge on any atom is 0.229 e. The van der Waals surface area contributed by atoms with Gasteiger partial charge in [-0.25, -0.2) is 4.98 Å². The number of hydrogen-bond acceptors (Lipinski definition) is 5. The first kappa shape index (κ1) is 17.0. The van der Waals surface area contributed by atoms with Gasteiger partial charge in [0.25, 0.3) is 0 Å². The monoisotopic (exact) mass is 353 g/mol. The first-order valence-corrected chi connectivity index (χ1v) is 9.05. The van der Waals surface area contributed by atoms with Crippen LogP contribution >= 0.6 is 0 Å². The third-order valence-electron chi connectivity index (χ3n) is 4.93. The molecule has 0 radical (unpaired) electrons. The Morgan fingerprint density at radius 2 is 1.81 bits per heavy atom. The van der Waals surface area contributed by atoms with Crippen LogP contribution < -0.4 is 10.2 Å². The standard InChI is InChI=1S/C20H23N3O3/c24-19(14-16-4-2-1-3-5-16)22-18-7-6-17(15-21-18)23-10-8-20(9-11-23)25-12-13-26-20/h1-7,15H,8-14H2,(H,21,22,24). The van der Waals surface area contributed by atoms with Crippen LogP contribution in [0.2, 0.25) is 0 Å². The zero-order valence-corrected chi connectivity index (χ0v) is 14.7. The van der Waals surface area contributed by atoms with Gasteiger partial charge in [-0.2, -0.15) is 0 Å². The molecule has 2 aliphatic rings. The highest BCUT2D eigenvalue weighted by atomic mass is 16.7. The van der Waals surface area contributed by atoms with Crippen LogP contribution in [-0.4, -0.2) is 43.0 Å². The predicted molar refractivity (Wildman–Crippen MR) is 99.1 cm³/mol. The number of ether oxygens (including phenoxy) is 2. The zero-order valence-electron chi connectivity index (χ0n) is 14.7. The van der Waals surface area contributed by atoms with E-state index in [4.69, 9.17) is 9.47 Å². The van der Waals surface area contributed by atoms with E-state index in [-0.39, 0.29) is 11.7 Å². The van der Waals surface area contributed by atoms with Gasteiger partial charge in [0.05, 0.1) is 31.5 Å². The van der Waals surface area contributed by atoms with Gasteiger partial charge in [0.2, 0.25) is 5.91 Å². The number of pyridine rings is 1. The summed E-state index contributed by atoms with van der Waals surface area (Å²) in [6.07, 6.45) is 3.89. The fraction of sp³-hybridized carbons (Fsp3) is 0.400. The van der Waals surface area contributed by atoms with E-state index < -0.39 is 0 Å². The van der Waals surface area contributed by atoms with Gasteiger partial charge in [-0.05, 0) is 17.7 Å². The summed E-state index contributed by atoms with van der Waals surface area (Å²) in [4.78, 5) is 18.8. The molecule has 1 N–H and O–H groups in total. The topological polar surface area (TPSA) is 63.7 Å². The third-order valence-corrected chi connectivity index (χ3v) is 4.93. The largest absolute Gasteiger partial charge is 0.370 e. The average molecular weight is 353 g/mol. The van der Waals surface area contributed by atoms with Crippen LogP contribution in [0.1, 0.15) is 18.4 Å². The zero-order chi connectivity index (χ0) is 17.8. The second kappa shape index (κ2) is 7.43. The molecule has 2 aliphatic heterocycles. The maximum absolute atomic E-state index is 12.1. The maximum atomic E-state index is 12.1. The summed E-state index contributed by atoms with van der Waals surface area (Å²) < 4.78 is 11.5. The smallest absolute Gasteiger partial charge is 0.229 e. The third kappa shape index (κ3) is 3.86. The molecule has 1 amide bonds. The minimum atomic E-state index is -0.366. The Hall–Kier alpha value is -2.44. The minimum absolute atomic E-state index is 0.0631. The molecular formula is C20H23N3O3. The molecule has 1 aromatic heterocycles. The Balaban J connectivity index is 1.31. The molecule has 136 valence electrons. The Kier molecular flexibility index (Phi) is 4.86. The van der Waals surface area contributed by atoms with Crippen LogP contribution in [0.15, 0.2) is 48.7 Å². The normalized spacial score (nSPS) is 18.8. The van der Waals surface area contributed by atoms with Crippen LogP contribution in [0.25, 0.3) is 0 Å². The molecule has 0 aliphatic carbocycles. The number of carbonyl (C=O) groups is 1. The Labute approximate surface area is 153 Å². The summed E-state index contributed by atoms with van der Waals surface area (Å²) >= 11 is 0. The highest BCUT2D eigenvalue weighted by Gasteiger charge is 2.39. The molecule has 2 saturated heterocycles. The Morgan fingerprint density at radius 1 is 1.08 bits per heavy atom. The van der Waals surface area contributed by atoms with Crippen molar-refractivity contribution in [3.63, 3.8) is 0 Å². The number of piperidine rings is 1. The lowest BCUT2D eigenvalue weighted by Gasteiger charge is -2.38. The van der Waals surface area contributed by atoms with E-state index >= 15 is 0 Å². The molecule has 3 heterocycles. The van der Waals surface area contributed by atoms with Crippen molar-refractivity contribution in [3.8, 4) is 0 Å². The van der Waals surface area contributed by atoms with Gasteiger partial charge in [-0.15, -0.1) is 0 Å². The highest BCUT2D eigenvalue weighted by molar-refractivity contribution is 5.91. The van der Waals surface area contributed by atoms with Crippen molar-refractivity contribution in [2.45, 2.75) is 25.0 Å². The van der Waals surface area contributed by atoms with Gasteiger partial charge < -0.3 is 19.7 Å². The van der Waals surface area contributed by atoms with Crippen molar-refractivity contribution in [2.24, 2.45) is 0 Å². The number of rotatable bonds is 4. The fourth-order valence-electron chi connectivity index (χ4n) is 3.51. The number of hydrogen-bond donors (Lipinski definition) is 1. The molecule has 4 rings (SSSR count). The molecule has 0 bridgehead atoms. The molecule has 6 heteroatoms. The van der Waals surface area contributed by atoms with Gasteiger partial charge in [0.1, 0.15) is 5.82 Å². The molecule has 1 aromatic carbocycles. The summed E-state index contributed by atoms with van der Waals surface area (Å²) in [5, 5.41) is 2.85. The lowest BCUT2D eigenvalue weighted by atomic mass is 10.0. The van der Waals surface area contributed by atoms with Gasteiger partial charge >= 0.3 is 0 Å². The van der Waals surface area contributed by atoms with Crippen LogP contribution in [0, 0.1) is 0 Å². The van der Waals surface area contributed by atoms with E-state index in [1.807, 2.05) is 48.7 Å². The van der Waals surface area contributed by atoms with Gasteiger partial charge in [0.15, 0.2) is 5.79 Å². The second-order valence-electron chi connectivity index (χ2n) is 6.71. The van der Waals surface area contributed by atoms with Gasteiger partial charge in [-0.1, -0.05) is 30.3 Å². The quantitative estimate of drug-likeness (QED) is 0.915. The summed E-state index contributed by atoms with van der Waals surface area (Å²) in [5.74, 6) is 0.146. The Bertz CT molecular complexity index is 733. The fourth-order valence-corrected chi connectivity index (χ4v) is 3.51. The van der Waals surface area contributed by atoms with E-state index in [0.717, 1.165) is 37.2 Å². The molecule has 6 nitrogen and oxygen atoms in total. The van der Waals surface area contributed by atoms with Crippen molar-refractivity contribution in [1.29, 1.82) is 0 Å². The second-order valence-corrected chi connectivity index (χ2v) is 6.71. The van der Waals surface area contributed by atoms with E-state index in [1.165, 1.54) is 0 Å². The van der Waals surface area contributed by atoms with Crippen molar-refractivity contribution in [1.82, 2.24) is 4.98 Å². The van der Waals surface area contributed by atoms with Crippen molar-refractivity contribution < 1.29 is 14.3 Å². The molecule has 2 aromatic rings. The first-order valence-electron chi connectivity index (χ1n) is 9.05. The van der Waals surface area contributed by atoms with Crippen LogP contribution in [0.3, 0.4) is 0 Å². The molecule has 26 heavy (non-hydrogen) atoms. The van der Waals surface area contributed by atoms with Crippen molar-refractivity contribution in [2.75, 3.05) is 36.5 Å². The SMILES string of the molecule is O=C(Cc1ccccc1)Nc1ccc(N2CCC3(CC2)OCCO3)cn1. The highest BCUT2D eigenvalue weighted by Crippen LogP contribution is 2.33. The lowest BCUT2D eigenvalue weighted by molar-refractivity contribution is -0.169. The number of nitrogens with one attached hydrogen (secondary N) is 1. The average Bonchev–Trinajstić information content (AvgIpc) is 3.12. The number of nitrogens with zero attached hydrogens (tertiary/aromatic N) is 2. The van der Waals surface area contributed by atoms with Gasteiger partial charge in [0, 0.05) is 25.9 Å². The predicted octanol–water partition coefficient (Wildman–Crippen LogP) is 2.61. The summed E-state index contributed by atoms with van der Waals surface area (Å²) in [6, 6.07) is 13.5. The van der Waals surface area contributed by atoms with Crippen LogP contribution in [0.5, 0.6) is 0 Å². The first-order chi connectivity index (χ1) is 12.7. The molecule has 2 fully saturated rings. The molecule has 0 unspecified atom stereocenters. The lowest BCUT2D eigenvalue weighted by Crippen LogP contribution is -2.45. The van der Waals surface area contributed by atoms with E-state index in [1.54, 1.807) is 0 Å². The molecule has 0 saturated carbocycles. The van der Waals surface area contributed by atoms with E-state index in [9.17, 15) is 4.79 Å². The van der Waals surface area contributed by atoms with E-state index in [0.29, 0.717) is 25.5 Å². The molecule has 0 atom stereocenters. The number of anilines is 2. The van der Waals surface area contributed by atoms with Crippen molar-refractivity contribution in [3.05, 3.63) is 54.2 Å². The number of amides is 1. The number of carbonyl (C=O) groups excluding carboxylic acids is 1. The molecule has 1 spiro atoms. The van der Waals surface area contributed by atoms with Gasteiger partial charge in [-0.3, -0.25) is 4.79 Å². The number of aromatic nitrogens is 1. The number of benzene rings is 1. The summed E-state index contributed by atoms with van der Waals surface area (Å²) in [6.45, 7) is 3.14. The molecular weight excluding hydrogens is 330 g/mol. The van der Waals surface area contributed by atoms with Crippen molar-refractivity contribution >= 4 is 17.4 Å². The van der Waals surface area contributed by atoms with Crippen LogP contribution in [-0.2, 0) is 20.7 Å². The van der Waals surface area contributed by atoms with E-state index in [2.05, 4.69) is 15.2 Å².